The molecule has 3 aromatic rings. The molecule has 0 aliphatic carbocycles. The van der Waals surface area contributed by atoms with Crippen LogP contribution in [0.4, 0.5) is 11.8 Å². The molecule has 0 radical (unpaired) electrons. The van der Waals surface area contributed by atoms with Crippen molar-refractivity contribution in [2.24, 2.45) is 0 Å². The molecule has 13 heteroatoms. The van der Waals surface area contributed by atoms with Crippen molar-refractivity contribution >= 4 is 40.2 Å². The number of aromatic nitrogens is 3. The number of nitrogens with zero attached hydrogens (tertiary/aromatic N) is 5. The summed E-state index contributed by atoms with van der Waals surface area (Å²) in [6, 6.07) is 5.04. The number of rotatable bonds is 11. The average Bonchev–Trinajstić information content (AvgIpc) is 3.44. The van der Waals surface area contributed by atoms with E-state index in [0.29, 0.717) is 64.8 Å². The third-order valence-corrected chi connectivity index (χ3v) is 7.92. The van der Waals surface area contributed by atoms with E-state index in [1.807, 2.05) is 12.1 Å². The minimum absolute atomic E-state index is 0.199. The molecule has 1 aromatic carbocycles. The van der Waals surface area contributed by atoms with Gasteiger partial charge < -0.3 is 35.1 Å². The summed E-state index contributed by atoms with van der Waals surface area (Å²) in [6.07, 6.45) is 3.00. The third kappa shape index (κ3) is 6.84. The molecule has 2 aliphatic rings. The van der Waals surface area contributed by atoms with Crippen molar-refractivity contribution in [1.82, 2.24) is 30.1 Å². The lowest BCUT2D eigenvalue weighted by Crippen LogP contribution is -2.45. The van der Waals surface area contributed by atoms with Crippen molar-refractivity contribution in [2.45, 2.75) is 12.1 Å². The molecule has 4 heterocycles. The summed E-state index contributed by atoms with van der Waals surface area (Å²) in [6.45, 7) is 10.0. The van der Waals surface area contributed by atoms with Gasteiger partial charge in [0.05, 0.1) is 50.2 Å². The van der Waals surface area contributed by atoms with Crippen LogP contribution in [-0.4, -0.2) is 116 Å². The maximum atomic E-state index is 11.9. The molecule has 2 fully saturated rings. The number of nitrogens with one attached hydrogen (secondary N) is 3. The Morgan fingerprint density at radius 3 is 2.67 bits per heavy atom. The number of anilines is 2. The van der Waals surface area contributed by atoms with Gasteiger partial charge in [-0.2, -0.15) is 0 Å². The number of fused-ring (bicyclic) bond motifs is 1. The van der Waals surface area contributed by atoms with E-state index in [1.165, 1.54) is 6.08 Å². The molecule has 3 N–H and O–H groups in total. The number of pyridine rings is 1. The fraction of sp³-hybridized carbons (Fsp3) is 0.448. The normalized spacial score (nSPS) is 19.4. The van der Waals surface area contributed by atoms with Gasteiger partial charge in [0.25, 0.3) is 0 Å². The quantitative estimate of drug-likeness (QED) is 0.283. The van der Waals surface area contributed by atoms with Crippen LogP contribution in [-0.2, 0) is 9.53 Å². The van der Waals surface area contributed by atoms with E-state index in [9.17, 15) is 4.79 Å². The zero-order chi connectivity index (χ0) is 29.6. The lowest BCUT2D eigenvalue weighted by Gasteiger charge is -2.32. The fourth-order valence-electron chi connectivity index (χ4n) is 5.05. The summed E-state index contributed by atoms with van der Waals surface area (Å²) >= 11 is 6.73. The largest absolute Gasteiger partial charge is 0.497 e. The van der Waals surface area contributed by atoms with E-state index in [-0.39, 0.29) is 18.0 Å². The van der Waals surface area contributed by atoms with Crippen LogP contribution in [0.3, 0.4) is 0 Å². The highest BCUT2D eigenvalue weighted by Crippen LogP contribution is 2.40. The van der Waals surface area contributed by atoms with Crippen molar-refractivity contribution in [3.8, 4) is 22.8 Å². The number of hydrogen-bond donors (Lipinski definition) is 3. The van der Waals surface area contributed by atoms with E-state index in [0.717, 1.165) is 38.1 Å². The van der Waals surface area contributed by atoms with Crippen LogP contribution in [0.2, 0.25) is 5.02 Å². The van der Waals surface area contributed by atoms with Gasteiger partial charge in [0, 0.05) is 62.5 Å². The highest BCUT2D eigenvalue weighted by atomic mass is 35.5. The zero-order valence-electron chi connectivity index (χ0n) is 24.2. The van der Waals surface area contributed by atoms with Gasteiger partial charge in [-0.15, -0.1) is 0 Å². The summed E-state index contributed by atoms with van der Waals surface area (Å²) in [5.74, 6) is 1.86. The van der Waals surface area contributed by atoms with Crippen LogP contribution in [0.25, 0.3) is 22.2 Å². The molecule has 2 aliphatic heterocycles. The number of halogens is 1. The second-order valence-corrected chi connectivity index (χ2v) is 10.7. The van der Waals surface area contributed by atoms with E-state index in [4.69, 9.17) is 35.8 Å². The van der Waals surface area contributed by atoms with E-state index < -0.39 is 0 Å². The van der Waals surface area contributed by atoms with Crippen LogP contribution in [0, 0.1) is 0 Å². The summed E-state index contributed by atoms with van der Waals surface area (Å²) in [5.41, 5.74) is 1.96. The van der Waals surface area contributed by atoms with Gasteiger partial charge in [-0.25, -0.2) is 15.0 Å². The minimum Gasteiger partial charge on any atom is -0.497 e. The number of ether oxygens (including phenoxy) is 3. The third-order valence-electron chi connectivity index (χ3n) is 7.53. The van der Waals surface area contributed by atoms with Gasteiger partial charge in [-0.05, 0) is 25.3 Å². The lowest BCUT2D eigenvalue weighted by molar-refractivity contribution is -0.117. The summed E-state index contributed by atoms with van der Waals surface area (Å²) < 4.78 is 16.6. The molecule has 42 heavy (non-hydrogen) atoms. The van der Waals surface area contributed by atoms with Crippen LogP contribution < -0.4 is 25.4 Å². The maximum absolute atomic E-state index is 11.9. The predicted molar refractivity (Wildman–Crippen MR) is 164 cm³/mol. The molecule has 2 atom stereocenters. The molecule has 12 nitrogen and oxygen atoms in total. The number of amides is 1. The molecule has 2 aromatic heterocycles. The van der Waals surface area contributed by atoms with Crippen LogP contribution >= 0.6 is 11.6 Å². The number of hydrogen-bond acceptors (Lipinski definition) is 11. The SMILES string of the molecule is C=CC(=O)N[C@H]1COC[C@H]1Nc1ncc2cc(-c3cc(OC)cc(OC)c3Cl)nc(NCCN3CCN(C)CC3)c2n1. The van der Waals surface area contributed by atoms with Crippen LogP contribution in [0.1, 0.15) is 0 Å². The molecule has 0 unspecified atom stereocenters. The Morgan fingerprint density at radius 1 is 1.14 bits per heavy atom. The van der Waals surface area contributed by atoms with Gasteiger partial charge in [-0.1, -0.05) is 18.2 Å². The minimum atomic E-state index is -0.256. The smallest absolute Gasteiger partial charge is 0.243 e. The molecule has 5 rings (SSSR count). The van der Waals surface area contributed by atoms with Gasteiger partial charge >= 0.3 is 0 Å². The Morgan fingerprint density at radius 2 is 1.93 bits per heavy atom. The summed E-state index contributed by atoms with van der Waals surface area (Å²) in [4.78, 5) is 31.0. The summed E-state index contributed by atoms with van der Waals surface area (Å²) in [5, 5.41) is 10.9. The Hall–Kier alpha value is -3.71. The van der Waals surface area contributed by atoms with Gasteiger partial charge in [0.2, 0.25) is 11.9 Å². The Balaban J connectivity index is 1.46. The van der Waals surface area contributed by atoms with Crippen molar-refractivity contribution in [3.63, 3.8) is 0 Å². The first-order chi connectivity index (χ1) is 20.4. The Kier molecular flexibility index (Phi) is 9.58. The first kappa shape index (κ1) is 29.8. The van der Waals surface area contributed by atoms with Crippen molar-refractivity contribution in [3.05, 3.63) is 42.1 Å². The van der Waals surface area contributed by atoms with Gasteiger partial charge in [0.1, 0.15) is 17.0 Å². The van der Waals surface area contributed by atoms with Crippen molar-refractivity contribution in [1.29, 1.82) is 0 Å². The fourth-order valence-corrected chi connectivity index (χ4v) is 5.33. The summed E-state index contributed by atoms with van der Waals surface area (Å²) in [7, 11) is 5.31. The highest BCUT2D eigenvalue weighted by Gasteiger charge is 2.30. The topological polar surface area (TPSA) is 126 Å². The molecule has 2 saturated heterocycles. The van der Waals surface area contributed by atoms with Crippen LogP contribution in [0.5, 0.6) is 11.5 Å². The predicted octanol–water partition coefficient (Wildman–Crippen LogP) is 2.50. The molecule has 0 saturated carbocycles. The first-order valence-corrected chi connectivity index (χ1v) is 14.3. The number of methoxy groups -OCH3 is 2. The van der Waals surface area contributed by atoms with Gasteiger partial charge in [-0.3, -0.25) is 9.69 Å². The Labute approximate surface area is 250 Å². The second-order valence-electron chi connectivity index (χ2n) is 10.4. The zero-order valence-corrected chi connectivity index (χ0v) is 24.9. The van der Waals surface area contributed by atoms with E-state index in [1.54, 1.807) is 26.5 Å². The van der Waals surface area contributed by atoms with Crippen molar-refractivity contribution < 1.29 is 19.0 Å². The van der Waals surface area contributed by atoms with Gasteiger partial charge in [0.15, 0.2) is 5.82 Å². The monoisotopic (exact) mass is 596 g/mol. The number of carbonyl (C=O) groups is 1. The molecular weight excluding hydrogens is 560 g/mol. The van der Waals surface area contributed by atoms with E-state index in [2.05, 4.69) is 44.4 Å². The lowest BCUT2D eigenvalue weighted by atomic mass is 10.1. The number of carbonyl (C=O) groups excluding carboxylic acids is 1. The standard InChI is InChI=1S/C29H37ClN8O4/c1-5-25(39)33-22-16-42-17-23(22)35-29-32-15-18-12-21(20-13-19(40-3)14-24(41-4)26(20)30)34-28(27(18)36-29)31-6-7-38-10-8-37(2)9-11-38/h5,12-15,22-23H,1,6-11,16-17H2,2-4H3,(H,31,34)(H,33,39)(H,32,35,36)/t22-,23+/m0/s1. The number of benzene rings is 1. The van der Waals surface area contributed by atoms with Crippen molar-refractivity contribution in [2.75, 3.05) is 84.4 Å². The maximum Gasteiger partial charge on any atom is 0.243 e. The highest BCUT2D eigenvalue weighted by molar-refractivity contribution is 6.34. The van der Waals surface area contributed by atoms with E-state index >= 15 is 0 Å². The molecule has 0 bridgehead atoms. The number of piperazine rings is 1. The molecule has 224 valence electrons. The molecule has 1 amide bonds. The molecular formula is C29H37ClN8O4. The number of likely N-dealkylation sites (N-methyl/N-ethyl adjacent to an activating group) is 1. The average molecular weight is 597 g/mol. The van der Waals surface area contributed by atoms with Crippen LogP contribution in [0.15, 0.2) is 37.1 Å². The second kappa shape index (κ2) is 13.5. The Bertz CT molecular complexity index is 1430. The molecule has 0 spiro atoms. The first-order valence-electron chi connectivity index (χ1n) is 13.9.